The fourth-order valence-electron chi connectivity index (χ4n) is 7.12. The summed E-state index contributed by atoms with van der Waals surface area (Å²) in [5, 5.41) is 22.8. The van der Waals surface area contributed by atoms with Crippen molar-refractivity contribution < 1.29 is 55.7 Å². The first-order chi connectivity index (χ1) is 30.1. The lowest BCUT2D eigenvalue weighted by Gasteiger charge is -2.35. The van der Waals surface area contributed by atoms with Gasteiger partial charge in [-0.2, -0.15) is 26.3 Å². The molecule has 64 heavy (non-hydrogen) atoms. The average molecular weight is 921 g/mol. The summed E-state index contributed by atoms with van der Waals surface area (Å²) in [6, 6.07) is 16.2. The lowest BCUT2D eigenvalue weighted by Crippen LogP contribution is -2.41. The predicted molar refractivity (Wildman–Crippen MR) is 225 cm³/mol. The van der Waals surface area contributed by atoms with E-state index in [2.05, 4.69) is 66.2 Å². The minimum absolute atomic E-state index is 0.0227. The summed E-state index contributed by atoms with van der Waals surface area (Å²) in [6.45, 7) is 5.02. The highest BCUT2D eigenvalue weighted by molar-refractivity contribution is 7.13. The molecule has 344 valence electrons. The van der Waals surface area contributed by atoms with Crippen LogP contribution in [0.1, 0.15) is 66.2 Å². The number of amides is 2. The highest BCUT2D eigenvalue weighted by atomic mass is 32.1. The van der Waals surface area contributed by atoms with E-state index in [0.29, 0.717) is 39.3 Å². The number of nitrogens with one attached hydrogen (secondary N) is 2. The number of carboxylic acids is 2. The third-order valence-corrected chi connectivity index (χ3v) is 11.4. The Kier molecular flexibility index (Phi) is 16.0. The standard InChI is InChI=1S/C37H44N10O2S.2C2HF3O2/c1-23-21-50-37(40-23)44-35(48)25-9-13-30(14-10-25)47-22-39-31-32(38)42-33(43-34(31)47)26-5-4-6-27(19-26)36(49)41-28-11-7-24(8-12-28)20-46-17-15-29(16-18-46)45(2)3;2*3-2(4,5)1(6)7/h4-8,11-12,19,21-22,25,29-30H,9-10,13-18,20H2,1-3H3,(H,41,49)(H2,38,42,43)(H,40,44,48);2*(H,6,7)/t25-,30+;;. The largest absolute Gasteiger partial charge is 0.490 e. The Labute approximate surface area is 366 Å². The van der Waals surface area contributed by atoms with Crippen molar-refractivity contribution in [3.63, 3.8) is 0 Å². The van der Waals surface area contributed by atoms with Crippen LogP contribution in [0, 0.1) is 12.8 Å². The van der Waals surface area contributed by atoms with E-state index in [4.69, 9.17) is 30.5 Å². The molecule has 16 nitrogen and oxygen atoms in total. The lowest BCUT2D eigenvalue weighted by molar-refractivity contribution is -0.193. The van der Waals surface area contributed by atoms with Crippen LogP contribution in [0.25, 0.3) is 22.6 Å². The van der Waals surface area contributed by atoms with Gasteiger partial charge in [-0.15, -0.1) is 11.3 Å². The van der Waals surface area contributed by atoms with Crippen LogP contribution in [-0.2, 0) is 20.9 Å². The third kappa shape index (κ3) is 13.4. The SMILES string of the molecule is Cc1csc(NC(=O)[C@H]2CC[C@@H](n3cnc4c(N)nc(-c5cccc(C(=O)Nc6ccc(CN7CCC(N(C)C)CC7)cc6)c5)nc43)CC2)n1.O=C(O)C(F)(F)F.O=C(O)C(F)(F)F. The fourth-order valence-corrected chi connectivity index (χ4v) is 7.81. The first-order valence-corrected chi connectivity index (χ1v) is 20.7. The van der Waals surface area contributed by atoms with E-state index in [0.717, 1.165) is 56.7 Å². The number of aliphatic carboxylic acids is 2. The maximum atomic E-state index is 13.3. The van der Waals surface area contributed by atoms with E-state index in [1.165, 1.54) is 29.7 Å². The number of aromatic nitrogens is 5. The number of benzene rings is 2. The zero-order valence-corrected chi connectivity index (χ0v) is 35.6. The first kappa shape index (κ1) is 48.8. The van der Waals surface area contributed by atoms with Crippen molar-refractivity contribution in [3.05, 3.63) is 77.1 Å². The van der Waals surface area contributed by atoms with Gasteiger partial charge in [0.05, 0.1) is 12.0 Å². The van der Waals surface area contributed by atoms with Gasteiger partial charge in [0.2, 0.25) is 5.91 Å². The van der Waals surface area contributed by atoms with Gasteiger partial charge in [-0.25, -0.2) is 29.5 Å². The smallest absolute Gasteiger partial charge is 0.475 e. The number of carbonyl (C=O) groups is 4. The number of halogens is 6. The van der Waals surface area contributed by atoms with Crippen LogP contribution in [0.15, 0.2) is 60.2 Å². The highest BCUT2D eigenvalue weighted by Gasteiger charge is 2.39. The number of alkyl halides is 6. The number of thiazole rings is 1. The van der Waals surface area contributed by atoms with E-state index in [1.54, 1.807) is 18.5 Å². The Bertz CT molecular complexity index is 2380. The molecule has 7 rings (SSSR count). The molecule has 2 aromatic carbocycles. The van der Waals surface area contributed by atoms with Crippen LogP contribution in [-0.4, -0.2) is 114 Å². The molecule has 6 N–H and O–H groups in total. The number of likely N-dealkylation sites (tertiary alicyclic amines) is 1. The minimum Gasteiger partial charge on any atom is -0.475 e. The summed E-state index contributed by atoms with van der Waals surface area (Å²) >= 11 is 1.44. The molecular formula is C41H46F6N10O6S. The number of nitrogens with two attached hydrogens (primary N) is 1. The van der Waals surface area contributed by atoms with E-state index in [9.17, 15) is 35.9 Å². The van der Waals surface area contributed by atoms with Crippen molar-refractivity contribution >= 4 is 62.9 Å². The van der Waals surface area contributed by atoms with Crippen molar-refractivity contribution in [1.29, 1.82) is 0 Å². The summed E-state index contributed by atoms with van der Waals surface area (Å²) in [5.41, 5.74) is 11.6. The number of nitrogen functional groups attached to an aromatic ring is 1. The van der Waals surface area contributed by atoms with E-state index < -0.39 is 24.3 Å². The fraction of sp³-hybridized carbons (Fsp3) is 0.415. The van der Waals surface area contributed by atoms with Gasteiger partial charge in [-0.05, 0) is 102 Å². The Morgan fingerprint density at radius 3 is 2.02 bits per heavy atom. The lowest BCUT2D eigenvalue weighted by atomic mass is 9.85. The number of carboxylic acid groups (broad SMARTS) is 2. The zero-order chi connectivity index (χ0) is 46.9. The van der Waals surface area contributed by atoms with Gasteiger partial charge >= 0.3 is 24.3 Å². The van der Waals surface area contributed by atoms with E-state index in [-0.39, 0.29) is 29.6 Å². The van der Waals surface area contributed by atoms with Crippen LogP contribution in [0.5, 0.6) is 0 Å². The molecule has 2 fully saturated rings. The molecule has 1 saturated heterocycles. The monoisotopic (exact) mass is 920 g/mol. The highest BCUT2D eigenvalue weighted by Crippen LogP contribution is 2.36. The number of aryl methyl sites for hydroxylation is 1. The molecular weight excluding hydrogens is 875 g/mol. The van der Waals surface area contributed by atoms with Crippen molar-refractivity contribution in [2.75, 3.05) is 43.6 Å². The van der Waals surface area contributed by atoms with Crippen LogP contribution in [0.4, 0.5) is 43.0 Å². The molecule has 2 amide bonds. The number of rotatable bonds is 9. The van der Waals surface area contributed by atoms with Gasteiger partial charge < -0.3 is 36.0 Å². The van der Waals surface area contributed by atoms with Gasteiger partial charge in [0.15, 0.2) is 22.4 Å². The van der Waals surface area contributed by atoms with Gasteiger partial charge in [0.1, 0.15) is 5.52 Å². The van der Waals surface area contributed by atoms with E-state index in [1.807, 2.05) is 36.6 Å². The van der Waals surface area contributed by atoms with E-state index >= 15 is 0 Å². The first-order valence-electron chi connectivity index (χ1n) is 19.8. The molecule has 1 saturated carbocycles. The van der Waals surface area contributed by atoms with Crippen LogP contribution in [0.3, 0.4) is 0 Å². The van der Waals surface area contributed by atoms with Crippen LogP contribution < -0.4 is 16.4 Å². The maximum absolute atomic E-state index is 13.3. The molecule has 0 unspecified atom stereocenters. The quantitative estimate of drug-likeness (QED) is 0.0921. The number of imidazole rings is 1. The third-order valence-electron chi connectivity index (χ3n) is 10.5. The van der Waals surface area contributed by atoms with Crippen LogP contribution >= 0.6 is 11.3 Å². The average Bonchev–Trinajstić information content (AvgIpc) is 3.87. The summed E-state index contributed by atoms with van der Waals surface area (Å²) in [5.74, 6) is -5.06. The molecule has 3 aromatic heterocycles. The Morgan fingerprint density at radius 1 is 0.859 bits per heavy atom. The molecule has 1 aliphatic heterocycles. The molecule has 1 aliphatic carbocycles. The number of anilines is 3. The number of nitrogens with zero attached hydrogens (tertiary/aromatic N) is 7. The second-order valence-corrected chi connectivity index (χ2v) is 16.2. The second kappa shape index (κ2) is 21.0. The topological polar surface area (TPSA) is 222 Å². The molecule has 5 aromatic rings. The molecule has 0 spiro atoms. The zero-order valence-electron chi connectivity index (χ0n) is 34.8. The van der Waals surface area contributed by atoms with Crippen molar-refractivity contribution in [1.82, 2.24) is 34.3 Å². The molecule has 2 aliphatic rings. The minimum atomic E-state index is -5.08. The normalized spacial score (nSPS) is 17.2. The van der Waals surface area contributed by atoms with Crippen molar-refractivity contribution in [2.24, 2.45) is 5.92 Å². The summed E-state index contributed by atoms with van der Waals surface area (Å²) in [7, 11) is 4.32. The number of hydrogen-bond acceptors (Lipinski definition) is 12. The van der Waals surface area contributed by atoms with Crippen molar-refractivity contribution in [2.45, 2.75) is 76.4 Å². The number of fused-ring (bicyclic) bond motifs is 1. The summed E-state index contributed by atoms with van der Waals surface area (Å²) < 4.78 is 65.5. The number of hydrogen-bond donors (Lipinski definition) is 5. The Hall–Kier alpha value is -6.20. The second-order valence-electron chi connectivity index (χ2n) is 15.4. The maximum Gasteiger partial charge on any atom is 0.490 e. The number of piperidine rings is 1. The van der Waals surface area contributed by atoms with Gasteiger partial charge in [-0.1, -0.05) is 24.3 Å². The summed E-state index contributed by atoms with van der Waals surface area (Å²) in [4.78, 5) is 67.2. The molecule has 0 radical (unpaired) electrons. The number of carbonyl (C=O) groups excluding carboxylic acids is 2. The Morgan fingerprint density at radius 2 is 1.47 bits per heavy atom. The molecule has 0 atom stereocenters. The van der Waals surface area contributed by atoms with Crippen LogP contribution in [0.2, 0.25) is 0 Å². The van der Waals surface area contributed by atoms with Gasteiger partial charge in [0.25, 0.3) is 5.91 Å². The summed E-state index contributed by atoms with van der Waals surface area (Å²) in [6.07, 6.45) is -2.89. The van der Waals surface area contributed by atoms with Gasteiger partial charge in [0, 0.05) is 46.7 Å². The molecule has 23 heteroatoms. The van der Waals surface area contributed by atoms with Crippen molar-refractivity contribution in [3.8, 4) is 11.4 Å². The molecule has 4 heterocycles. The predicted octanol–water partition coefficient (Wildman–Crippen LogP) is 7.26. The van der Waals surface area contributed by atoms with Gasteiger partial charge in [-0.3, -0.25) is 14.5 Å². The molecule has 0 bridgehead atoms. The Balaban J connectivity index is 0.000000477.